The zero-order valence-corrected chi connectivity index (χ0v) is 11.2. The summed E-state index contributed by atoms with van der Waals surface area (Å²) in [7, 11) is 3.38. The van der Waals surface area contributed by atoms with Crippen molar-refractivity contribution in [1.82, 2.24) is 4.90 Å². The monoisotopic (exact) mass is 243 g/mol. The van der Waals surface area contributed by atoms with E-state index in [0.29, 0.717) is 19.4 Å². The first-order valence-corrected chi connectivity index (χ1v) is 6.52. The molecular formula is C13H25NO3. The van der Waals surface area contributed by atoms with Gasteiger partial charge in [-0.2, -0.15) is 0 Å². The lowest BCUT2D eigenvalue weighted by molar-refractivity contribution is -0.160. The molecule has 0 aromatic heterocycles. The summed E-state index contributed by atoms with van der Waals surface area (Å²) < 4.78 is 4.85. The maximum atomic E-state index is 11.8. The van der Waals surface area contributed by atoms with Crippen molar-refractivity contribution in [3.05, 3.63) is 0 Å². The molecule has 0 amide bonds. The van der Waals surface area contributed by atoms with Crippen LogP contribution in [-0.4, -0.2) is 48.8 Å². The number of ether oxygens (including phenoxy) is 1. The van der Waals surface area contributed by atoms with Gasteiger partial charge in [-0.15, -0.1) is 0 Å². The first-order chi connectivity index (χ1) is 8.03. The Balaban J connectivity index is 2.75. The van der Waals surface area contributed by atoms with Crippen molar-refractivity contribution in [2.24, 2.45) is 5.92 Å². The number of unbranched alkanes of at least 4 members (excludes halogenated alkanes) is 1. The molecule has 2 unspecified atom stereocenters. The normalized spacial score (nSPS) is 27.8. The van der Waals surface area contributed by atoms with E-state index in [-0.39, 0.29) is 11.9 Å². The second kappa shape index (κ2) is 6.36. The number of likely N-dealkylation sites (tertiary alicyclic amines) is 1. The molecule has 17 heavy (non-hydrogen) atoms. The lowest BCUT2D eigenvalue weighted by Crippen LogP contribution is -2.53. The molecule has 0 radical (unpaired) electrons. The van der Waals surface area contributed by atoms with Gasteiger partial charge in [0.05, 0.1) is 18.6 Å². The van der Waals surface area contributed by atoms with Crippen LogP contribution < -0.4 is 0 Å². The Kier molecular flexibility index (Phi) is 5.40. The molecule has 1 fully saturated rings. The average Bonchev–Trinajstić information content (AvgIpc) is 2.28. The molecule has 0 saturated carbocycles. The maximum Gasteiger partial charge on any atom is 0.311 e. The van der Waals surface area contributed by atoms with E-state index in [2.05, 4.69) is 11.8 Å². The van der Waals surface area contributed by atoms with Gasteiger partial charge in [0.2, 0.25) is 0 Å². The van der Waals surface area contributed by atoms with Crippen LogP contribution in [0.25, 0.3) is 0 Å². The predicted octanol–water partition coefficient (Wildman–Crippen LogP) is 1.42. The largest absolute Gasteiger partial charge is 0.469 e. The van der Waals surface area contributed by atoms with Crippen molar-refractivity contribution in [2.45, 2.75) is 44.6 Å². The van der Waals surface area contributed by atoms with Gasteiger partial charge >= 0.3 is 5.97 Å². The van der Waals surface area contributed by atoms with Crippen LogP contribution in [0.3, 0.4) is 0 Å². The molecule has 1 rings (SSSR count). The van der Waals surface area contributed by atoms with Crippen LogP contribution in [0.15, 0.2) is 0 Å². The molecule has 0 spiro atoms. The Labute approximate surface area is 104 Å². The van der Waals surface area contributed by atoms with Crippen molar-refractivity contribution in [3.8, 4) is 0 Å². The molecule has 0 aromatic carbocycles. The fourth-order valence-corrected chi connectivity index (χ4v) is 2.72. The first kappa shape index (κ1) is 14.5. The third-order valence-electron chi connectivity index (χ3n) is 3.67. The van der Waals surface area contributed by atoms with Crippen molar-refractivity contribution < 1.29 is 14.6 Å². The van der Waals surface area contributed by atoms with Gasteiger partial charge in [0.25, 0.3) is 0 Å². The molecule has 1 aliphatic rings. The summed E-state index contributed by atoms with van der Waals surface area (Å²) in [6.07, 6.45) is 4.33. The third kappa shape index (κ3) is 3.68. The van der Waals surface area contributed by atoms with Gasteiger partial charge in [0.1, 0.15) is 0 Å². The van der Waals surface area contributed by atoms with E-state index in [4.69, 9.17) is 4.74 Å². The number of nitrogens with zero attached hydrogens (tertiary/aromatic N) is 1. The van der Waals surface area contributed by atoms with E-state index >= 15 is 0 Å². The number of hydrogen-bond donors (Lipinski definition) is 1. The number of carbonyl (C=O) groups is 1. The minimum atomic E-state index is -0.907. The standard InChI is InChI=1S/C13H25NO3/c1-4-5-7-11(12(15)17-3)13(16)8-6-9-14(2)10-13/h11,16H,4-10H2,1-3H3. The Bertz CT molecular complexity index is 257. The summed E-state index contributed by atoms with van der Waals surface area (Å²) in [5.74, 6) is -0.647. The van der Waals surface area contributed by atoms with E-state index in [9.17, 15) is 9.90 Å². The van der Waals surface area contributed by atoms with Crippen LogP contribution in [-0.2, 0) is 9.53 Å². The van der Waals surface area contributed by atoms with Crippen LogP contribution in [0.2, 0.25) is 0 Å². The molecule has 4 heteroatoms. The highest BCUT2D eigenvalue weighted by Gasteiger charge is 2.43. The minimum Gasteiger partial charge on any atom is -0.469 e. The second-order valence-corrected chi connectivity index (χ2v) is 5.16. The van der Waals surface area contributed by atoms with Crippen LogP contribution in [0.4, 0.5) is 0 Å². The van der Waals surface area contributed by atoms with Crippen molar-refractivity contribution in [2.75, 3.05) is 27.2 Å². The van der Waals surface area contributed by atoms with Crippen LogP contribution in [0, 0.1) is 5.92 Å². The number of β-amino-alcohol motifs (C(OH)–C–C–N with tert-alkyl or cyclic N) is 1. The average molecular weight is 243 g/mol. The number of hydrogen-bond acceptors (Lipinski definition) is 4. The zero-order chi connectivity index (χ0) is 12.9. The van der Waals surface area contributed by atoms with Gasteiger partial charge in [-0.1, -0.05) is 19.8 Å². The fraction of sp³-hybridized carbons (Fsp3) is 0.923. The smallest absolute Gasteiger partial charge is 0.311 e. The molecule has 1 N–H and O–H groups in total. The summed E-state index contributed by atoms with van der Waals surface area (Å²) in [4.78, 5) is 13.9. The highest BCUT2D eigenvalue weighted by molar-refractivity contribution is 5.73. The zero-order valence-electron chi connectivity index (χ0n) is 11.2. The van der Waals surface area contributed by atoms with E-state index in [0.717, 1.165) is 25.8 Å². The summed E-state index contributed by atoms with van der Waals surface area (Å²) in [6.45, 7) is 3.64. The summed E-state index contributed by atoms with van der Waals surface area (Å²) in [6, 6.07) is 0. The SMILES string of the molecule is CCCCC(C(=O)OC)C1(O)CCCN(C)C1. The van der Waals surface area contributed by atoms with E-state index in [1.165, 1.54) is 7.11 Å². The molecule has 1 heterocycles. The summed E-state index contributed by atoms with van der Waals surface area (Å²) in [5, 5.41) is 10.7. The number of rotatable bonds is 5. The van der Waals surface area contributed by atoms with Crippen molar-refractivity contribution in [3.63, 3.8) is 0 Å². The van der Waals surface area contributed by atoms with E-state index in [1.807, 2.05) is 7.05 Å². The van der Waals surface area contributed by atoms with Crippen molar-refractivity contribution >= 4 is 5.97 Å². The van der Waals surface area contributed by atoms with Crippen LogP contribution in [0.1, 0.15) is 39.0 Å². The number of likely N-dealkylation sites (N-methyl/N-ethyl adjacent to an activating group) is 1. The predicted molar refractivity (Wildman–Crippen MR) is 66.7 cm³/mol. The molecule has 1 saturated heterocycles. The third-order valence-corrected chi connectivity index (χ3v) is 3.67. The van der Waals surface area contributed by atoms with Crippen molar-refractivity contribution in [1.29, 1.82) is 0 Å². The maximum absolute atomic E-state index is 11.8. The Morgan fingerprint density at radius 1 is 1.59 bits per heavy atom. The highest BCUT2D eigenvalue weighted by Crippen LogP contribution is 2.32. The molecule has 1 aliphatic heterocycles. The Hall–Kier alpha value is -0.610. The molecule has 0 bridgehead atoms. The van der Waals surface area contributed by atoms with E-state index < -0.39 is 5.60 Å². The van der Waals surface area contributed by atoms with Gasteiger partial charge < -0.3 is 14.7 Å². The number of aliphatic hydroxyl groups is 1. The highest BCUT2D eigenvalue weighted by atomic mass is 16.5. The number of piperidine rings is 1. The van der Waals surface area contributed by atoms with Gasteiger partial charge in [-0.3, -0.25) is 4.79 Å². The molecular weight excluding hydrogens is 218 g/mol. The number of methoxy groups -OCH3 is 1. The number of esters is 1. The topological polar surface area (TPSA) is 49.8 Å². The Morgan fingerprint density at radius 3 is 2.82 bits per heavy atom. The molecule has 4 nitrogen and oxygen atoms in total. The lowest BCUT2D eigenvalue weighted by atomic mass is 9.78. The van der Waals surface area contributed by atoms with Gasteiger partial charge in [0, 0.05) is 6.54 Å². The fourth-order valence-electron chi connectivity index (χ4n) is 2.72. The first-order valence-electron chi connectivity index (χ1n) is 6.52. The molecule has 0 aliphatic carbocycles. The Morgan fingerprint density at radius 2 is 2.29 bits per heavy atom. The summed E-state index contributed by atoms with van der Waals surface area (Å²) in [5.41, 5.74) is -0.907. The minimum absolute atomic E-state index is 0.267. The lowest BCUT2D eigenvalue weighted by Gasteiger charge is -2.41. The van der Waals surface area contributed by atoms with Gasteiger partial charge in [-0.25, -0.2) is 0 Å². The molecule has 0 aromatic rings. The summed E-state index contributed by atoms with van der Waals surface area (Å²) >= 11 is 0. The molecule has 2 atom stereocenters. The second-order valence-electron chi connectivity index (χ2n) is 5.16. The van der Waals surface area contributed by atoms with Gasteiger partial charge in [-0.05, 0) is 32.9 Å². The van der Waals surface area contributed by atoms with Crippen LogP contribution in [0.5, 0.6) is 0 Å². The number of carbonyl (C=O) groups excluding carboxylic acids is 1. The van der Waals surface area contributed by atoms with E-state index in [1.54, 1.807) is 0 Å². The van der Waals surface area contributed by atoms with Crippen LogP contribution >= 0.6 is 0 Å². The quantitative estimate of drug-likeness (QED) is 0.742. The van der Waals surface area contributed by atoms with Gasteiger partial charge in [0.15, 0.2) is 0 Å². The molecule has 100 valence electrons.